The van der Waals surface area contributed by atoms with E-state index in [0.29, 0.717) is 45.1 Å². The summed E-state index contributed by atoms with van der Waals surface area (Å²) in [5.41, 5.74) is -0.207. The molecule has 3 N–H and O–H groups in total. The number of amides is 3. The van der Waals surface area contributed by atoms with Crippen LogP contribution in [0.2, 0.25) is 0 Å². The van der Waals surface area contributed by atoms with E-state index in [2.05, 4.69) is 28.1 Å². The van der Waals surface area contributed by atoms with Crippen LogP contribution < -0.4 is 16.0 Å². The van der Waals surface area contributed by atoms with Crippen LogP contribution in [0.15, 0.2) is 0 Å². The maximum absolute atomic E-state index is 12.9. The Hall–Kier alpha value is -2.61. The van der Waals surface area contributed by atoms with Crippen molar-refractivity contribution in [1.29, 1.82) is 10.5 Å². The van der Waals surface area contributed by atoms with Crippen LogP contribution in [0.1, 0.15) is 65.7 Å². The van der Waals surface area contributed by atoms with Gasteiger partial charge in [0.15, 0.2) is 0 Å². The van der Waals surface area contributed by atoms with E-state index < -0.39 is 18.0 Å². The molecule has 0 unspecified atom stereocenters. The molecule has 0 bridgehead atoms. The van der Waals surface area contributed by atoms with Crippen molar-refractivity contribution in [3.63, 3.8) is 0 Å². The predicted octanol–water partition coefficient (Wildman–Crippen LogP) is 1.77. The van der Waals surface area contributed by atoms with Gasteiger partial charge >= 0.3 is 0 Å². The maximum atomic E-state index is 12.9. The molecule has 1 saturated carbocycles. The summed E-state index contributed by atoms with van der Waals surface area (Å²) in [6.45, 7) is 6.55. The lowest BCUT2D eigenvalue weighted by atomic mass is 9.81. The summed E-state index contributed by atoms with van der Waals surface area (Å²) in [6.07, 6.45) is 4.04. The molecule has 1 saturated heterocycles. The Kier molecular flexibility index (Phi) is 8.23. The van der Waals surface area contributed by atoms with Crippen molar-refractivity contribution in [2.24, 2.45) is 23.2 Å². The van der Waals surface area contributed by atoms with E-state index in [0.717, 1.165) is 0 Å². The minimum absolute atomic E-state index is 0.00638. The van der Waals surface area contributed by atoms with Crippen molar-refractivity contribution in [3.05, 3.63) is 0 Å². The fourth-order valence-corrected chi connectivity index (χ4v) is 4.17. The van der Waals surface area contributed by atoms with Crippen LogP contribution in [0.4, 0.5) is 0 Å². The Morgan fingerprint density at radius 3 is 2.30 bits per heavy atom. The summed E-state index contributed by atoms with van der Waals surface area (Å²) in [6, 6.07) is 2.80. The molecule has 0 aromatic heterocycles. The first-order chi connectivity index (χ1) is 14.1. The summed E-state index contributed by atoms with van der Waals surface area (Å²) < 4.78 is 0. The molecule has 0 radical (unpaired) electrons. The summed E-state index contributed by atoms with van der Waals surface area (Å²) in [5.74, 6) is -1.11. The molecule has 30 heavy (non-hydrogen) atoms. The molecular formula is C22H33N5O3. The van der Waals surface area contributed by atoms with Gasteiger partial charge in [0.2, 0.25) is 17.7 Å². The summed E-state index contributed by atoms with van der Waals surface area (Å²) in [5, 5.41) is 26.8. The van der Waals surface area contributed by atoms with E-state index in [1.54, 1.807) is 0 Å². The highest BCUT2D eigenvalue weighted by molar-refractivity contribution is 5.89. The normalized spacial score (nSPS) is 25.9. The Morgan fingerprint density at radius 2 is 1.80 bits per heavy atom. The first-order valence-corrected chi connectivity index (χ1v) is 10.8. The third kappa shape index (κ3) is 7.02. The lowest BCUT2D eigenvalue weighted by molar-refractivity contribution is -0.132. The molecule has 0 spiro atoms. The number of carbonyl (C=O) groups excluding carboxylic acids is 3. The molecule has 1 heterocycles. The zero-order valence-corrected chi connectivity index (χ0v) is 18.2. The van der Waals surface area contributed by atoms with Gasteiger partial charge in [-0.2, -0.15) is 10.5 Å². The van der Waals surface area contributed by atoms with Crippen molar-refractivity contribution in [1.82, 2.24) is 16.0 Å². The summed E-state index contributed by atoms with van der Waals surface area (Å²) in [4.78, 5) is 37.5. The van der Waals surface area contributed by atoms with Gasteiger partial charge in [-0.25, -0.2) is 0 Å². The third-order valence-corrected chi connectivity index (χ3v) is 5.89. The lowest BCUT2D eigenvalue weighted by Gasteiger charge is -2.30. The molecule has 2 rings (SSSR count). The third-order valence-electron chi connectivity index (χ3n) is 5.89. The van der Waals surface area contributed by atoms with Gasteiger partial charge in [0.1, 0.15) is 12.1 Å². The summed E-state index contributed by atoms with van der Waals surface area (Å²) >= 11 is 0. The molecule has 164 valence electrons. The number of hydrogen-bond donors (Lipinski definition) is 3. The lowest BCUT2D eigenvalue weighted by Crippen LogP contribution is -2.52. The maximum Gasteiger partial charge on any atom is 0.243 e. The van der Waals surface area contributed by atoms with Gasteiger partial charge in [-0.15, -0.1) is 0 Å². The quantitative estimate of drug-likeness (QED) is 0.582. The van der Waals surface area contributed by atoms with Crippen molar-refractivity contribution in [2.75, 3.05) is 6.54 Å². The van der Waals surface area contributed by atoms with Crippen LogP contribution in [0.3, 0.4) is 0 Å². The molecule has 0 aromatic rings. The van der Waals surface area contributed by atoms with Crippen molar-refractivity contribution in [3.8, 4) is 12.1 Å². The molecular weight excluding hydrogens is 382 g/mol. The number of nitrogens with zero attached hydrogens (tertiary/aromatic N) is 2. The summed E-state index contributed by atoms with van der Waals surface area (Å²) in [7, 11) is 0. The highest BCUT2D eigenvalue weighted by Crippen LogP contribution is 2.29. The molecule has 1 aliphatic heterocycles. The standard InChI is InChI=1S/C22H33N5O3/c1-22(2,3)11-18(27-20(29)15-6-4-14(12-23)5-7-15)21(30)26-17(13-24)10-16-8-9-25-19(16)28/h14-18H,4-11H2,1-3H3,(H,25,28)(H,26,30)(H,27,29)/t14-,15-,16-,17+,18-/m0/s1. The van der Waals surface area contributed by atoms with Crippen LogP contribution in [-0.2, 0) is 14.4 Å². The van der Waals surface area contributed by atoms with Gasteiger partial charge in [-0.1, -0.05) is 20.8 Å². The molecule has 8 nitrogen and oxygen atoms in total. The fourth-order valence-electron chi connectivity index (χ4n) is 4.17. The second-order valence-corrected chi connectivity index (χ2v) is 9.71. The minimum Gasteiger partial charge on any atom is -0.356 e. The molecule has 3 amide bonds. The predicted molar refractivity (Wildman–Crippen MR) is 110 cm³/mol. The van der Waals surface area contributed by atoms with E-state index in [1.165, 1.54) is 0 Å². The number of carbonyl (C=O) groups is 3. The highest BCUT2D eigenvalue weighted by atomic mass is 16.2. The smallest absolute Gasteiger partial charge is 0.243 e. The van der Waals surface area contributed by atoms with Crippen LogP contribution >= 0.6 is 0 Å². The molecule has 2 fully saturated rings. The Morgan fingerprint density at radius 1 is 1.13 bits per heavy atom. The van der Waals surface area contributed by atoms with Gasteiger partial charge < -0.3 is 16.0 Å². The highest BCUT2D eigenvalue weighted by Gasteiger charge is 2.33. The average molecular weight is 416 g/mol. The topological polar surface area (TPSA) is 135 Å². The Labute approximate surface area is 178 Å². The van der Waals surface area contributed by atoms with Crippen molar-refractivity contribution in [2.45, 2.75) is 77.8 Å². The van der Waals surface area contributed by atoms with Crippen LogP contribution in [-0.4, -0.2) is 36.3 Å². The number of hydrogen-bond acceptors (Lipinski definition) is 5. The van der Waals surface area contributed by atoms with Crippen LogP contribution in [0.25, 0.3) is 0 Å². The van der Waals surface area contributed by atoms with Gasteiger partial charge in [-0.3, -0.25) is 14.4 Å². The van der Waals surface area contributed by atoms with Crippen LogP contribution in [0, 0.1) is 45.8 Å². The van der Waals surface area contributed by atoms with Crippen LogP contribution in [0.5, 0.6) is 0 Å². The fraction of sp³-hybridized carbons (Fsp3) is 0.773. The second kappa shape index (κ2) is 10.4. The Balaban J connectivity index is 1.99. The molecule has 1 aliphatic carbocycles. The SMILES string of the molecule is CC(C)(C)C[C@H](NC(=O)[C@H]1CC[C@H](C#N)CC1)C(=O)N[C@@H](C#N)C[C@@H]1CCNC1=O. The van der Waals surface area contributed by atoms with Gasteiger partial charge in [0.25, 0.3) is 0 Å². The van der Waals surface area contributed by atoms with E-state index in [4.69, 9.17) is 5.26 Å². The Bertz CT molecular complexity index is 723. The van der Waals surface area contributed by atoms with E-state index >= 15 is 0 Å². The zero-order chi connectivity index (χ0) is 22.3. The van der Waals surface area contributed by atoms with Gasteiger partial charge in [0.05, 0.1) is 12.1 Å². The number of nitriles is 2. The largest absolute Gasteiger partial charge is 0.356 e. The second-order valence-electron chi connectivity index (χ2n) is 9.71. The van der Waals surface area contributed by atoms with E-state index in [9.17, 15) is 19.6 Å². The van der Waals surface area contributed by atoms with E-state index in [-0.39, 0.29) is 41.4 Å². The number of rotatable bonds is 7. The first kappa shape index (κ1) is 23.7. The van der Waals surface area contributed by atoms with Gasteiger partial charge in [0, 0.05) is 24.3 Å². The van der Waals surface area contributed by atoms with Crippen molar-refractivity contribution >= 4 is 17.7 Å². The number of nitrogens with one attached hydrogen (secondary N) is 3. The zero-order valence-electron chi connectivity index (χ0n) is 18.2. The minimum atomic E-state index is -0.781. The molecule has 3 atom stereocenters. The molecule has 8 heteroatoms. The van der Waals surface area contributed by atoms with Crippen molar-refractivity contribution < 1.29 is 14.4 Å². The van der Waals surface area contributed by atoms with E-state index in [1.807, 2.05) is 20.8 Å². The average Bonchev–Trinajstić information content (AvgIpc) is 3.10. The molecule has 2 aliphatic rings. The monoisotopic (exact) mass is 415 g/mol. The van der Waals surface area contributed by atoms with Gasteiger partial charge in [-0.05, 0) is 50.4 Å². The first-order valence-electron chi connectivity index (χ1n) is 10.8. The molecule has 0 aromatic carbocycles.